The fourth-order valence-electron chi connectivity index (χ4n) is 4.00. The Hall–Kier alpha value is -0.900. The molecule has 1 aliphatic heterocycles. The van der Waals surface area contributed by atoms with Crippen LogP contribution in [0.3, 0.4) is 0 Å². The van der Waals surface area contributed by atoms with Crippen LogP contribution in [0.15, 0.2) is 30.3 Å². The standard InChI is InChI=1S/C18H27NO2/c1-17(14-20,15-7-3-2-4-8-15)19-16-9-12-21-18(13-16)10-5-6-11-18/h2-4,7-8,16,19-20H,5-6,9-14H2,1H3. The van der Waals surface area contributed by atoms with E-state index in [9.17, 15) is 5.11 Å². The molecular weight excluding hydrogens is 262 g/mol. The van der Waals surface area contributed by atoms with Crippen molar-refractivity contribution in [2.24, 2.45) is 0 Å². The number of hydrogen-bond donors (Lipinski definition) is 2. The first-order valence-corrected chi connectivity index (χ1v) is 8.24. The van der Waals surface area contributed by atoms with Crippen molar-refractivity contribution in [3.8, 4) is 0 Å². The molecule has 0 bridgehead atoms. The van der Waals surface area contributed by atoms with Gasteiger partial charge in [0.1, 0.15) is 0 Å². The second kappa shape index (κ2) is 6.07. The van der Waals surface area contributed by atoms with E-state index in [1.165, 1.54) is 25.7 Å². The second-order valence-corrected chi connectivity index (χ2v) is 6.93. The maximum absolute atomic E-state index is 9.93. The predicted molar refractivity (Wildman–Crippen MR) is 84.2 cm³/mol. The molecule has 2 fully saturated rings. The van der Waals surface area contributed by atoms with Gasteiger partial charge in [0, 0.05) is 12.6 Å². The van der Waals surface area contributed by atoms with Crippen molar-refractivity contribution in [3.05, 3.63) is 35.9 Å². The molecule has 1 aromatic carbocycles. The Labute approximate surface area is 127 Å². The summed E-state index contributed by atoms with van der Waals surface area (Å²) in [4.78, 5) is 0. The van der Waals surface area contributed by atoms with Gasteiger partial charge in [-0.3, -0.25) is 0 Å². The van der Waals surface area contributed by atoms with Crippen LogP contribution in [0, 0.1) is 0 Å². The first-order valence-electron chi connectivity index (χ1n) is 8.24. The highest BCUT2D eigenvalue weighted by molar-refractivity contribution is 5.24. The number of hydrogen-bond acceptors (Lipinski definition) is 3. The second-order valence-electron chi connectivity index (χ2n) is 6.93. The van der Waals surface area contributed by atoms with Gasteiger partial charge in [-0.15, -0.1) is 0 Å². The minimum atomic E-state index is -0.372. The molecule has 116 valence electrons. The molecule has 1 aromatic rings. The average Bonchev–Trinajstić information content (AvgIpc) is 2.96. The van der Waals surface area contributed by atoms with Crippen molar-refractivity contribution in [2.75, 3.05) is 13.2 Å². The molecule has 3 nitrogen and oxygen atoms in total. The lowest BCUT2D eigenvalue weighted by Crippen LogP contribution is -2.53. The summed E-state index contributed by atoms with van der Waals surface area (Å²) in [6.07, 6.45) is 7.10. The van der Waals surface area contributed by atoms with Gasteiger partial charge in [0.05, 0.1) is 17.7 Å². The first-order chi connectivity index (χ1) is 10.2. The number of aliphatic hydroxyl groups is 1. The summed E-state index contributed by atoms with van der Waals surface area (Å²) in [5, 5.41) is 13.7. The molecule has 2 atom stereocenters. The zero-order chi connectivity index (χ0) is 14.8. The van der Waals surface area contributed by atoms with E-state index in [1.54, 1.807) is 0 Å². The van der Waals surface area contributed by atoms with Crippen molar-refractivity contribution in [2.45, 2.75) is 62.6 Å². The Morgan fingerprint density at radius 2 is 2.00 bits per heavy atom. The molecule has 1 saturated heterocycles. The van der Waals surface area contributed by atoms with E-state index in [0.29, 0.717) is 6.04 Å². The minimum Gasteiger partial charge on any atom is -0.394 e. The fraction of sp³-hybridized carbons (Fsp3) is 0.667. The molecule has 21 heavy (non-hydrogen) atoms. The number of ether oxygens (including phenoxy) is 1. The van der Waals surface area contributed by atoms with Gasteiger partial charge >= 0.3 is 0 Å². The van der Waals surface area contributed by atoms with Crippen LogP contribution in [-0.4, -0.2) is 30.0 Å². The summed E-state index contributed by atoms with van der Waals surface area (Å²) in [6, 6.07) is 10.7. The van der Waals surface area contributed by atoms with E-state index < -0.39 is 0 Å². The molecule has 1 saturated carbocycles. The van der Waals surface area contributed by atoms with Gasteiger partial charge < -0.3 is 15.2 Å². The van der Waals surface area contributed by atoms with Crippen molar-refractivity contribution < 1.29 is 9.84 Å². The monoisotopic (exact) mass is 289 g/mol. The van der Waals surface area contributed by atoms with Crippen LogP contribution >= 0.6 is 0 Å². The van der Waals surface area contributed by atoms with Gasteiger partial charge in [-0.05, 0) is 38.2 Å². The van der Waals surface area contributed by atoms with E-state index in [2.05, 4.69) is 24.4 Å². The lowest BCUT2D eigenvalue weighted by Gasteiger charge is -2.42. The molecule has 1 spiro atoms. The number of benzene rings is 1. The Morgan fingerprint density at radius 3 is 2.67 bits per heavy atom. The summed E-state index contributed by atoms with van der Waals surface area (Å²) in [5.41, 5.74) is 0.894. The highest BCUT2D eigenvalue weighted by Crippen LogP contribution is 2.40. The van der Waals surface area contributed by atoms with Crippen LogP contribution in [0.2, 0.25) is 0 Å². The fourth-order valence-corrected chi connectivity index (χ4v) is 4.00. The largest absolute Gasteiger partial charge is 0.394 e. The maximum Gasteiger partial charge on any atom is 0.0697 e. The van der Waals surface area contributed by atoms with Crippen LogP contribution in [-0.2, 0) is 10.3 Å². The zero-order valence-electron chi connectivity index (χ0n) is 13.0. The third-order valence-corrected chi connectivity index (χ3v) is 5.26. The quantitative estimate of drug-likeness (QED) is 0.895. The SMILES string of the molecule is CC(CO)(NC1CCOC2(CCCC2)C1)c1ccccc1. The Bertz CT molecular complexity index is 456. The molecule has 1 heterocycles. The Morgan fingerprint density at radius 1 is 1.29 bits per heavy atom. The summed E-state index contributed by atoms with van der Waals surface area (Å²) in [5.74, 6) is 0. The van der Waals surface area contributed by atoms with Crippen LogP contribution in [0.5, 0.6) is 0 Å². The molecule has 2 N–H and O–H groups in total. The van der Waals surface area contributed by atoms with Crippen molar-refractivity contribution in [1.29, 1.82) is 0 Å². The molecule has 2 aliphatic rings. The van der Waals surface area contributed by atoms with E-state index in [4.69, 9.17) is 4.74 Å². The van der Waals surface area contributed by atoms with Gasteiger partial charge in [0.2, 0.25) is 0 Å². The van der Waals surface area contributed by atoms with Crippen LogP contribution in [0.25, 0.3) is 0 Å². The van der Waals surface area contributed by atoms with Gasteiger partial charge in [-0.2, -0.15) is 0 Å². The van der Waals surface area contributed by atoms with E-state index in [0.717, 1.165) is 25.0 Å². The molecule has 2 unspecified atom stereocenters. The topological polar surface area (TPSA) is 41.5 Å². The third kappa shape index (κ3) is 3.15. The normalized spacial score (nSPS) is 27.6. The smallest absolute Gasteiger partial charge is 0.0697 e. The highest BCUT2D eigenvalue weighted by Gasteiger charge is 2.41. The minimum absolute atomic E-state index is 0.112. The number of aliphatic hydroxyl groups excluding tert-OH is 1. The lowest BCUT2D eigenvalue weighted by atomic mass is 9.85. The Kier molecular flexibility index (Phi) is 4.34. The molecule has 3 rings (SSSR count). The van der Waals surface area contributed by atoms with Crippen LogP contribution in [0.1, 0.15) is 51.0 Å². The first kappa shape index (κ1) is 15.0. The van der Waals surface area contributed by atoms with Crippen molar-refractivity contribution in [1.82, 2.24) is 5.32 Å². The molecule has 0 radical (unpaired) electrons. The van der Waals surface area contributed by atoms with Gasteiger partial charge in [-0.25, -0.2) is 0 Å². The maximum atomic E-state index is 9.93. The van der Waals surface area contributed by atoms with Gasteiger partial charge in [0.15, 0.2) is 0 Å². The van der Waals surface area contributed by atoms with Crippen molar-refractivity contribution in [3.63, 3.8) is 0 Å². The van der Waals surface area contributed by atoms with Crippen molar-refractivity contribution >= 4 is 0 Å². The van der Waals surface area contributed by atoms with Crippen LogP contribution < -0.4 is 5.32 Å². The summed E-state index contributed by atoms with van der Waals surface area (Å²) < 4.78 is 6.11. The summed E-state index contributed by atoms with van der Waals surface area (Å²) in [7, 11) is 0. The number of rotatable bonds is 4. The summed E-state index contributed by atoms with van der Waals surface area (Å²) in [6.45, 7) is 3.05. The predicted octanol–water partition coefficient (Wildman–Crippen LogP) is 2.98. The molecule has 0 amide bonds. The average molecular weight is 289 g/mol. The Balaban J connectivity index is 1.72. The van der Waals surface area contributed by atoms with Crippen LogP contribution in [0.4, 0.5) is 0 Å². The van der Waals surface area contributed by atoms with Gasteiger partial charge in [0.25, 0.3) is 0 Å². The summed E-state index contributed by atoms with van der Waals surface area (Å²) >= 11 is 0. The zero-order valence-corrected chi connectivity index (χ0v) is 13.0. The molecule has 3 heteroatoms. The highest BCUT2D eigenvalue weighted by atomic mass is 16.5. The van der Waals surface area contributed by atoms with E-state index in [-0.39, 0.29) is 17.7 Å². The van der Waals surface area contributed by atoms with E-state index in [1.807, 2.05) is 18.2 Å². The molecular formula is C18H27NO2. The lowest BCUT2D eigenvalue weighted by molar-refractivity contribution is -0.0879. The van der Waals surface area contributed by atoms with E-state index >= 15 is 0 Å². The number of nitrogens with one attached hydrogen (secondary N) is 1. The van der Waals surface area contributed by atoms with Gasteiger partial charge in [-0.1, -0.05) is 43.2 Å². The molecule has 0 aromatic heterocycles. The third-order valence-electron chi connectivity index (χ3n) is 5.26. The molecule has 1 aliphatic carbocycles.